The topological polar surface area (TPSA) is 0 Å². The van der Waals surface area contributed by atoms with E-state index in [0.717, 1.165) is 0 Å². The maximum Gasteiger partial charge on any atom is -0.00726 e. The molecule has 0 saturated carbocycles. The molecule has 0 aliphatic rings. The van der Waals surface area contributed by atoms with Gasteiger partial charge in [-0.2, -0.15) is 0 Å². The molecule has 0 spiro atoms. The average Bonchev–Trinajstić information content (AvgIpc) is 2.71. The smallest absolute Gasteiger partial charge is 0.00726 e. The maximum absolute atomic E-state index is 3.21. The van der Waals surface area contributed by atoms with Crippen molar-refractivity contribution >= 4 is 23.8 Å². The molecular formula is C24H18P. The third-order valence-corrected chi connectivity index (χ3v) is 6.69. The van der Waals surface area contributed by atoms with E-state index in [1.807, 2.05) is 6.07 Å². The number of hydrogen-bond acceptors (Lipinski definition) is 0. The van der Waals surface area contributed by atoms with Gasteiger partial charge in [0.05, 0.1) is 0 Å². The molecule has 0 bridgehead atoms. The number of rotatable bonds is 4. The molecule has 119 valence electrons. The summed E-state index contributed by atoms with van der Waals surface area (Å²) >= 11 is 0. The lowest BCUT2D eigenvalue weighted by molar-refractivity contribution is 1.64. The van der Waals surface area contributed by atoms with E-state index >= 15 is 0 Å². The Labute approximate surface area is 150 Å². The molecule has 0 atom stereocenters. The fourth-order valence-electron chi connectivity index (χ4n) is 3.05. The van der Waals surface area contributed by atoms with Crippen LogP contribution in [0.25, 0.3) is 11.1 Å². The van der Waals surface area contributed by atoms with E-state index in [1.165, 1.54) is 27.0 Å². The van der Waals surface area contributed by atoms with E-state index in [0.29, 0.717) is 0 Å². The van der Waals surface area contributed by atoms with Crippen LogP contribution in [-0.4, -0.2) is 0 Å². The molecule has 0 aliphatic heterocycles. The first-order valence-corrected chi connectivity index (χ1v) is 9.73. The minimum absolute atomic E-state index is 0.604. The predicted molar refractivity (Wildman–Crippen MR) is 109 cm³/mol. The molecule has 0 N–H and O–H groups in total. The Bertz CT molecular complexity index is 892. The van der Waals surface area contributed by atoms with Crippen molar-refractivity contribution in [1.29, 1.82) is 0 Å². The van der Waals surface area contributed by atoms with E-state index < -0.39 is 7.92 Å². The summed E-state index contributed by atoms with van der Waals surface area (Å²) in [6, 6.07) is 41.9. The second-order valence-corrected chi connectivity index (χ2v) is 8.00. The second-order valence-electron chi connectivity index (χ2n) is 5.82. The third-order valence-electron chi connectivity index (χ3n) is 4.19. The van der Waals surface area contributed by atoms with Gasteiger partial charge in [0.25, 0.3) is 0 Å². The van der Waals surface area contributed by atoms with Gasteiger partial charge in [-0.1, -0.05) is 103 Å². The third kappa shape index (κ3) is 3.40. The normalized spacial score (nSPS) is 10.8. The summed E-state index contributed by atoms with van der Waals surface area (Å²) in [5, 5.41) is 4.13. The Morgan fingerprint density at radius 1 is 0.560 bits per heavy atom. The second kappa shape index (κ2) is 7.47. The van der Waals surface area contributed by atoms with Gasteiger partial charge >= 0.3 is 0 Å². The molecule has 4 aromatic carbocycles. The van der Waals surface area contributed by atoms with Crippen LogP contribution in [0.3, 0.4) is 0 Å². The van der Waals surface area contributed by atoms with Gasteiger partial charge in [0.2, 0.25) is 0 Å². The van der Waals surface area contributed by atoms with Crippen LogP contribution in [-0.2, 0) is 0 Å². The first-order chi connectivity index (χ1) is 12.4. The molecular weight excluding hydrogens is 319 g/mol. The Morgan fingerprint density at radius 3 is 1.76 bits per heavy atom. The molecule has 1 radical (unpaired) electrons. The monoisotopic (exact) mass is 337 g/mol. The highest BCUT2D eigenvalue weighted by atomic mass is 31.1. The standard InChI is InChI=1S/C24H18P/c1-4-12-20(13-5-1)23-18-10-11-19-24(23)25(21-14-6-2-7-15-21)22-16-8-3-9-17-22/h1-4,6-19H. The van der Waals surface area contributed by atoms with Crippen molar-refractivity contribution in [2.75, 3.05) is 0 Å². The lowest BCUT2D eigenvalue weighted by Crippen LogP contribution is -2.21. The zero-order valence-electron chi connectivity index (χ0n) is 13.8. The summed E-state index contributed by atoms with van der Waals surface area (Å²) in [6.45, 7) is 0. The van der Waals surface area contributed by atoms with Gasteiger partial charge in [-0.3, -0.25) is 0 Å². The van der Waals surface area contributed by atoms with E-state index in [4.69, 9.17) is 0 Å². The molecule has 4 aromatic rings. The maximum atomic E-state index is 3.21. The van der Waals surface area contributed by atoms with Crippen molar-refractivity contribution in [3.8, 4) is 11.1 Å². The predicted octanol–water partition coefficient (Wildman–Crippen LogP) is 4.91. The molecule has 0 heterocycles. The van der Waals surface area contributed by atoms with Crippen molar-refractivity contribution in [2.45, 2.75) is 0 Å². The first kappa shape index (κ1) is 15.8. The van der Waals surface area contributed by atoms with Crippen molar-refractivity contribution in [3.63, 3.8) is 0 Å². The van der Waals surface area contributed by atoms with E-state index in [9.17, 15) is 0 Å². The molecule has 0 aromatic heterocycles. The lowest BCUT2D eigenvalue weighted by Gasteiger charge is -2.22. The Kier molecular flexibility index (Phi) is 4.72. The number of benzene rings is 4. The molecule has 0 amide bonds. The molecule has 1 heteroatoms. The van der Waals surface area contributed by atoms with Gasteiger partial charge in [0, 0.05) is 0 Å². The van der Waals surface area contributed by atoms with E-state index in [-0.39, 0.29) is 0 Å². The minimum Gasteiger partial charge on any atom is -0.0622 e. The van der Waals surface area contributed by atoms with Crippen LogP contribution in [0.15, 0.2) is 109 Å². The van der Waals surface area contributed by atoms with Crippen LogP contribution in [0.1, 0.15) is 0 Å². The minimum atomic E-state index is -0.604. The molecule has 0 aliphatic carbocycles. The molecule has 0 nitrogen and oxygen atoms in total. The van der Waals surface area contributed by atoms with Crippen LogP contribution < -0.4 is 15.9 Å². The highest BCUT2D eigenvalue weighted by molar-refractivity contribution is 7.80. The lowest BCUT2D eigenvalue weighted by atomic mass is 10.1. The molecule has 25 heavy (non-hydrogen) atoms. The van der Waals surface area contributed by atoms with E-state index in [2.05, 4.69) is 109 Å². The summed E-state index contributed by atoms with van der Waals surface area (Å²) < 4.78 is 0. The van der Waals surface area contributed by atoms with Crippen LogP contribution in [0.4, 0.5) is 0 Å². The van der Waals surface area contributed by atoms with Gasteiger partial charge in [-0.05, 0) is 47.1 Å². The van der Waals surface area contributed by atoms with Crippen LogP contribution in [0.2, 0.25) is 0 Å². The Hall–Kier alpha value is -2.69. The van der Waals surface area contributed by atoms with Crippen molar-refractivity contribution in [3.05, 3.63) is 115 Å². The van der Waals surface area contributed by atoms with Crippen molar-refractivity contribution in [2.24, 2.45) is 0 Å². The van der Waals surface area contributed by atoms with Gasteiger partial charge in [-0.15, -0.1) is 0 Å². The summed E-state index contributed by atoms with van der Waals surface area (Å²) in [5.74, 6) is 0. The zero-order valence-corrected chi connectivity index (χ0v) is 14.7. The summed E-state index contributed by atoms with van der Waals surface area (Å²) in [6.07, 6.45) is 0. The van der Waals surface area contributed by atoms with Gasteiger partial charge < -0.3 is 0 Å². The fraction of sp³-hybridized carbons (Fsp3) is 0. The fourth-order valence-corrected chi connectivity index (χ4v) is 5.53. The van der Waals surface area contributed by atoms with Crippen LogP contribution in [0.5, 0.6) is 0 Å². The summed E-state index contributed by atoms with van der Waals surface area (Å²) in [4.78, 5) is 0. The van der Waals surface area contributed by atoms with Crippen molar-refractivity contribution < 1.29 is 0 Å². The molecule has 0 unspecified atom stereocenters. The van der Waals surface area contributed by atoms with Crippen LogP contribution >= 0.6 is 7.92 Å². The molecule has 0 fully saturated rings. The quantitative estimate of drug-likeness (QED) is 0.464. The van der Waals surface area contributed by atoms with Gasteiger partial charge in [0.1, 0.15) is 0 Å². The highest BCUT2D eigenvalue weighted by Gasteiger charge is 2.19. The Morgan fingerprint density at radius 2 is 1.16 bits per heavy atom. The first-order valence-electron chi connectivity index (χ1n) is 8.39. The Balaban J connectivity index is 1.93. The van der Waals surface area contributed by atoms with Gasteiger partial charge in [0.15, 0.2) is 0 Å². The number of hydrogen-bond donors (Lipinski definition) is 0. The zero-order chi connectivity index (χ0) is 16.9. The van der Waals surface area contributed by atoms with Crippen LogP contribution in [0, 0.1) is 6.07 Å². The molecule has 0 saturated heterocycles. The summed E-state index contributed by atoms with van der Waals surface area (Å²) in [5.41, 5.74) is 2.51. The van der Waals surface area contributed by atoms with Gasteiger partial charge in [-0.25, -0.2) is 0 Å². The van der Waals surface area contributed by atoms with E-state index in [1.54, 1.807) is 0 Å². The largest absolute Gasteiger partial charge is 0.0622 e. The summed E-state index contributed by atoms with van der Waals surface area (Å²) in [7, 11) is -0.604. The molecule has 4 rings (SSSR count). The SMILES string of the molecule is [c]1cccc(-c2ccccc2P(c2ccccc2)c2ccccc2)c1. The highest BCUT2D eigenvalue weighted by Crippen LogP contribution is 2.36. The van der Waals surface area contributed by atoms with Crippen molar-refractivity contribution in [1.82, 2.24) is 0 Å². The average molecular weight is 337 g/mol.